The van der Waals surface area contributed by atoms with Crippen LogP contribution in [0.2, 0.25) is 18.1 Å². The summed E-state index contributed by atoms with van der Waals surface area (Å²) in [5, 5.41) is 0.115. The highest BCUT2D eigenvalue weighted by atomic mass is 28.4. The number of hydrogen-bond donors (Lipinski definition) is 0. The highest BCUT2D eigenvalue weighted by Crippen LogP contribution is 2.42. The van der Waals surface area contributed by atoms with E-state index in [-0.39, 0.29) is 23.2 Å². The molecule has 0 spiro atoms. The summed E-state index contributed by atoms with van der Waals surface area (Å²) >= 11 is 0. The maximum atomic E-state index is 12.9. The van der Waals surface area contributed by atoms with Crippen LogP contribution in [0.3, 0.4) is 0 Å². The predicted molar refractivity (Wildman–Crippen MR) is 110 cm³/mol. The van der Waals surface area contributed by atoms with Gasteiger partial charge in [0, 0.05) is 11.6 Å². The number of nitrogens with zero attached hydrogens (tertiary/aromatic N) is 1. The van der Waals surface area contributed by atoms with Crippen LogP contribution in [0.15, 0.2) is 24.0 Å². The summed E-state index contributed by atoms with van der Waals surface area (Å²) in [6.07, 6.45) is 5.93. The standard InChI is InChI=1S/C21H37NO3Si/c1-15(25-26(8,9)21(5,6)7)17-12-10-11-16-13-14-18(17)22(16)19(23)24-20(2,3)4/h12,16,18H,1,10-11,13-14H2,2-9H3/t16?,18-/m1/s1. The zero-order chi connectivity index (χ0) is 19.9. The van der Waals surface area contributed by atoms with Crippen LogP contribution in [0.25, 0.3) is 0 Å². The van der Waals surface area contributed by atoms with E-state index in [1.807, 2.05) is 25.7 Å². The Morgan fingerprint density at radius 1 is 1.15 bits per heavy atom. The Labute approximate surface area is 160 Å². The van der Waals surface area contributed by atoms with E-state index in [2.05, 4.69) is 46.5 Å². The minimum atomic E-state index is -1.96. The van der Waals surface area contributed by atoms with Crippen molar-refractivity contribution in [1.82, 2.24) is 4.90 Å². The molecular weight excluding hydrogens is 342 g/mol. The van der Waals surface area contributed by atoms with Crippen molar-refractivity contribution in [2.75, 3.05) is 0 Å². The number of amides is 1. The molecule has 0 radical (unpaired) electrons. The van der Waals surface area contributed by atoms with Crippen LogP contribution in [-0.4, -0.2) is 37.0 Å². The van der Waals surface area contributed by atoms with Gasteiger partial charge in [-0.1, -0.05) is 33.4 Å². The third kappa shape index (κ3) is 4.54. The fourth-order valence-corrected chi connectivity index (χ4v) is 4.49. The molecule has 5 heteroatoms. The van der Waals surface area contributed by atoms with Gasteiger partial charge >= 0.3 is 6.09 Å². The van der Waals surface area contributed by atoms with E-state index in [0.29, 0.717) is 0 Å². The van der Waals surface area contributed by atoms with Gasteiger partial charge in [-0.15, -0.1) is 0 Å². The van der Waals surface area contributed by atoms with Crippen molar-refractivity contribution in [2.45, 2.75) is 103 Å². The molecule has 1 fully saturated rings. The average Bonchev–Trinajstić information content (AvgIpc) is 2.71. The summed E-state index contributed by atoms with van der Waals surface area (Å²) in [7, 11) is -1.96. The van der Waals surface area contributed by atoms with Crippen LogP contribution in [-0.2, 0) is 9.16 Å². The topological polar surface area (TPSA) is 38.8 Å². The molecule has 4 nitrogen and oxygen atoms in total. The number of carbonyl (C=O) groups excluding carboxylic acids is 1. The number of rotatable bonds is 3. The summed E-state index contributed by atoms with van der Waals surface area (Å²) in [6.45, 7) is 21.2. The van der Waals surface area contributed by atoms with E-state index < -0.39 is 13.9 Å². The first-order valence-corrected chi connectivity index (χ1v) is 12.7. The number of fused-ring (bicyclic) bond motifs is 2. The molecule has 2 heterocycles. The maximum absolute atomic E-state index is 12.9. The molecule has 2 aliphatic heterocycles. The Morgan fingerprint density at radius 3 is 2.31 bits per heavy atom. The smallest absolute Gasteiger partial charge is 0.411 e. The first-order valence-electron chi connectivity index (χ1n) is 9.82. The molecule has 1 unspecified atom stereocenters. The number of hydrogen-bond acceptors (Lipinski definition) is 3. The van der Waals surface area contributed by atoms with Crippen LogP contribution >= 0.6 is 0 Å². The van der Waals surface area contributed by atoms with Crippen LogP contribution in [0.1, 0.15) is 67.2 Å². The Morgan fingerprint density at radius 2 is 1.77 bits per heavy atom. The lowest BCUT2D eigenvalue weighted by atomic mass is 9.99. The second kappa shape index (κ2) is 7.06. The summed E-state index contributed by atoms with van der Waals surface area (Å²) in [4.78, 5) is 14.8. The quantitative estimate of drug-likeness (QED) is 0.445. The Balaban J connectivity index is 2.23. The third-order valence-corrected chi connectivity index (χ3v) is 10.2. The third-order valence-electron chi connectivity index (χ3n) is 5.84. The van der Waals surface area contributed by atoms with Crippen LogP contribution in [0.4, 0.5) is 4.79 Å². The molecule has 26 heavy (non-hydrogen) atoms. The van der Waals surface area contributed by atoms with Gasteiger partial charge in [-0.2, -0.15) is 0 Å². The van der Waals surface area contributed by atoms with Crippen molar-refractivity contribution in [3.63, 3.8) is 0 Å². The number of ether oxygens (including phenoxy) is 1. The van der Waals surface area contributed by atoms with E-state index in [0.717, 1.165) is 37.0 Å². The van der Waals surface area contributed by atoms with Gasteiger partial charge in [-0.25, -0.2) is 4.79 Å². The zero-order valence-electron chi connectivity index (χ0n) is 17.9. The van der Waals surface area contributed by atoms with Crippen LogP contribution in [0.5, 0.6) is 0 Å². The SMILES string of the molecule is C=C(O[Si](C)(C)C(C)(C)C)C1=CCCC2CC[C@H]1N2C(=O)OC(C)(C)C. The van der Waals surface area contributed by atoms with E-state index in [1.54, 1.807) is 0 Å². The van der Waals surface area contributed by atoms with Gasteiger partial charge in [0.1, 0.15) is 11.4 Å². The molecule has 2 rings (SSSR count). The van der Waals surface area contributed by atoms with Crippen molar-refractivity contribution in [2.24, 2.45) is 0 Å². The highest BCUT2D eigenvalue weighted by Gasteiger charge is 2.45. The number of allylic oxidation sites excluding steroid dienone is 1. The molecule has 0 N–H and O–H groups in total. The number of carbonyl (C=O) groups is 1. The van der Waals surface area contributed by atoms with Crippen LogP contribution < -0.4 is 0 Å². The van der Waals surface area contributed by atoms with Crippen molar-refractivity contribution in [1.29, 1.82) is 0 Å². The molecule has 2 bridgehead atoms. The molecule has 148 valence electrons. The summed E-state index contributed by atoms with van der Waals surface area (Å²) in [5.74, 6) is 0.748. The molecule has 1 amide bonds. The summed E-state index contributed by atoms with van der Waals surface area (Å²) in [6, 6.07) is 0.277. The second-order valence-electron chi connectivity index (χ2n) is 10.2. The zero-order valence-corrected chi connectivity index (χ0v) is 18.9. The van der Waals surface area contributed by atoms with Crippen molar-refractivity contribution < 1.29 is 14.0 Å². The first-order chi connectivity index (χ1) is 11.7. The van der Waals surface area contributed by atoms with Gasteiger partial charge in [0.25, 0.3) is 0 Å². The molecule has 0 aliphatic carbocycles. The van der Waals surface area contributed by atoms with E-state index in [9.17, 15) is 4.79 Å². The summed E-state index contributed by atoms with van der Waals surface area (Å²) in [5.41, 5.74) is 0.599. The normalized spacial score (nSPS) is 24.0. The lowest BCUT2D eigenvalue weighted by Gasteiger charge is -2.39. The Bertz CT molecular complexity index is 595. The van der Waals surface area contributed by atoms with Crippen molar-refractivity contribution >= 4 is 14.4 Å². The van der Waals surface area contributed by atoms with Gasteiger partial charge in [-0.05, 0) is 64.6 Å². The van der Waals surface area contributed by atoms with Gasteiger partial charge in [0.05, 0.1) is 6.04 Å². The van der Waals surface area contributed by atoms with Gasteiger partial charge in [0.2, 0.25) is 8.32 Å². The van der Waals surface area contributed by atoms with Crippen molar-refractivity contribution in [3.8, 4) is 0 Å². The monoisotopic (exact) mass is 379 g/mol. The molecule has 0 saturated carbocycles. The highest BCUT2D eigenvalue weighted by molar-refractivity contribution is 6.74. The van der Waals surface area contributed by atoms with Gasteiger partial charge < -0.3 is 9.16 Å². The molecular formula is C21H37NO3Si. The lowest BCUT2D eigenvalue weighted by molar-refractivity contribution is 0.0172. The largest absolute Gasteiger partial charge is 0.544 e. The molecule has 1 saturated heterocycles. The molecule has 0 aromatic heterocycles. The fourth-order valence-electron chi connectivity index (χ4n) is 3.45. The molecule has 0 aromatic rings. The van der Waals surface area contributed by atoms with Crippen LogP contribution in [0, 0.1) is 0 Å². The lowest BCUT2D eigenvalue weighted by Crippen LogP contribution is -2.45. The molecule has 2 aliphatic rings. The van der Waals surface area contributed by atoms with E-state index in [1.165, 1.54) is 0 Å². The Hall–Kier alpha value is -1.23. The first kappa shape index (κ1) is 21.1. The summed E-state index contributed by atoms with van der Waals surface area (Å²) < 4.78 is 12.2. The molecule has 0 aromatic carbocycles. The van der Waals surface area contributed by atoms with E-state index in [4.69, 9.17) is 9.16 Å². The second-order valence-corrected chi connectivity index (χ2v) is 14.9. The minimum absolute atomic E-state index is 0.0228. The predicted octanol–water partition coefficient (Wildman–Crippen LogP) is 6.01. The minimum Gasteiger partial charge on any atom is -0.544 e. The van der Waals surface area contributed by atoms with Gasteiger partial charge in [-0.3, -0.25) is 4.90 Å². The van der Waals surface area contributed by atoms with Gasteiger partial charge in [0.15, 0.2) is 0 Å². The molecule has 2 atom stereocenters. The van der Waals surface area contributed by atoms with E-state index >= 15 is 0 Å². The maximum Gasteiger partial charge on any atom is 0.411 e. The fraction of sp³-hybridized carbons (Fsp3) is 0.762. The Kier molecular flexibility index (Phi) is 5.72. The average molecular weight is 380 g/mol. The van der Waals surface area contributed by atoms with Crippen molar-refractivity contribution in [3.05, 3.63) is 24.0 Å².